The standard InChI is InChI=1S/C20H36O/c1-2-3-4-5-6-7-8-9-10-11-12-13-14-15-16-20-17-18-21-19-20/h17-19H,2-16H2,1H3. The number of hydrogen-bond acceptors (Lipinski definition) is 1. The summed E-state index contributed by atoms with van der Waals surface area (Å²) < 4.78 is 5.08. The molecule has 1 heterocycles. The molecule has 0 radical (unpaired) electrons. The van der Waals surface area contributed by atoms with Gasteiger partial charge in [-0.05, 0) is 24.5 Å². The van der Waals surface area contributed by atoms with Crippen LogP contribution in [0.4, 0.5) is 0 Å². The average molecular weight is 293 g/mol. The molecule has 122 valence electrons. The maximum absolute atomic E-state index is 5.08. The lowest BCUT2D eigenvalue weighted by Gasteiger charge is -2.03. The fourth-order valence-electron chi connectivity index (χ4n) is 2.96. The van der Waals surface area contributed by atoms with Gasteiger partial charge < -0.3 is 4.42 Å². The first-order valence-corrected chi connectivity index (χ1v) is 9.44. The van der Waals surface area contributed by atoms with Gasteiger partial charge in [-0.25, -0.2) is 0 Å². The second kappa shape index (κ2) is 14.2. The molecule has 0 spiro atoms. The molecule has 0 aromatic carbocycles. The summed E-state index contributed by atoms with van der Waals surface area (Å²) in [7, 11) is 0. The van der Waals surface area contributed by atoms with Crippen LogP contribution >= 0.6 is 0 Å². The number of aryl methyl sites for hydroxylation is 1. The monoisotopic (exact) mass is 292 g/mol. The largest absolute Gasteiger partial charge is 0.472 e. The van der Waals surface area contributed by atoms with Crippen LogP contribution in [0.2, 0.25) is 0 Å². The minimum absolute atomic E-state index is 1.19. The molecule has 0 fully saturated rings. The van der Waals surface area contributed by atoms with Gasteiger partial charge in [-0.3, -0.25) is 0 Å². The summed E-state index contributed by atoms with van der Waals surface area (Å²) in [5.41, 5.74) is 1.36. The van der Waals surface area contributed by atoms with E-state index in [4.69, 9.17) is 4.42 Å². The summed E-state index contributed by atoms with van der Waals surface area (Å²) in [6, 6.07) is 2.09. The van der Waals surface area contributed by atoms with Crippen LogP contribution in [0.3, 0.4) is 0 Å². The summed E-state index contributed by atoms with van der Waals surface area (Å²) in [6.45, 7) is 2.29. The van der Waals surface area contributed by atoms with Crippen molar-refractivity contribution in [3.8, 4) is 0 Å². The fourth-order valence-corrected chi connectivity index (χ4v) is 2.96. The minimum Gasteiger partial charge on any atom is -0.472 e. The van der Waals surface area contributed by atoms with Gasteiger partial charge in [0.1, 0.15) is 0 Å². The van der Waals surface area contributed by atoms with E-state index in [1.165, 1.54) is 102 Å². The van der Waals surface area contributed by atoms with E-state index in [0.29, 0.717) is 0 Å². The Kier molecular flexibility index (Phi) is 12.4. The highest BCUT2D eigenvalue weighted by atomic mass is 16.3. The summed E-state index contributed by atoms with van der Waals surface area (Å²) in [5, 5.41) is 0. The SMILES string of the molecule is CCCCCCCCCCCCCCCCc1ccoc1. The van der Waals surface area contributed by atoms with Crippen molar-refractivity contribution in [1.29, 1.82) is 0 Å². The average Bonchev–Trinajstić information content (AvgIpc) is 3.01. The van der Waals surface area contributed by atoms with Gasteiger partial charge in [0, 0.05) is 0 Å². The summed E-state index contributed by atoms with van der Waals surface area (Å²) in [5.74, 6) is 0. The number of hydrogen-bond donors (Lipinski definition) is 0. The van der Waals surface area contributed by atoms with Gasteiger partial charge in [0.05, 0.1) is 12.5 Å². The zero-order valence-electron chi connectivity index (χ0n) is 14.2. The lowest BCUT2D eigenvalue weighted by molar-refractivity contribution is 0.534. The quantitative estimate of drug-likeness (QED) is 0.309. The molecule has 1 aromatic heterocycles. The Morgan fingerprint density at radius 1 is 0.667 bits per heavy atom. The molecule has 1 aromatic rings. The normalized spacial score (nSPS) is 11.1. The van der Waals surface area contributed by atoms with Crippen LogP contribution in [0.15, 0.2) is 23.0 Å². The Morgan fingerprint density at radius 3 is 1.57 bits per heavy atom. The van der Waals surface area contributed by atoms with Crippen molar-refractivity contribution in [3.63, 3.8) is 0 Å². The summed E-state index contributed by atoms with van der Waals surface area (Å²) >= 11 is 0. The highest BCUT2D eigenvalue weighted by Gasteiger charge is 1.96. The summed E-state index contributed by atoms with van der Waals surface area (Å²) in [6.07, 6.45) is 24.9. The Bertz CT molecular complexity index is 289. The van der Waals surface area contributed by atoms with Crippen molar-refractivity contribution in [2.75, 3.05) is 0 Å². The van der Waals surface area contributed by atoms with Crippen molar-refractivity contribution in [2.45, 2.75) is 103 Å². The third-order valence-corrected chi connectivity index (χ3v) is 4.40. The Morgan fingerprint density at radius 2 is 1.14 bits per heavy atom. The third kappa shape index (κ3) is 11.6. The zero-order valence-corrected chi connectivity index (χ0v) is 14.2. The van der Waals surface area contributed by atoms with E-state index in [-0.39, 0.29) is 0 Å². The van der Waals surface area contributed by atoms with Crippen LogP contribution in [-0.2, 0) is 6.42 Å². The number of unbranched alkanes of at least 4 members (excludes halogenated alkanes) is 13. The van der Waals surface area contributed by atoms with Crippen LogP contribution in [0, 0.1) is 0 Å². The van der Waals surface area contributed by atoms with Crippen molar-refractivity contribution in [2.24, 2.45) is 0 Å². The van der Waals surface area contributed by atoms with Crippen molar-refractivity contribution < 1.29 is 4.42 Å². The lowest BCUT2D eigenvalue weighted by atomic mass is 10.0. The Hall–Kier alpha value is -0.720. The van der Waals surface area contributed by atoms with E-state index in [1.807, 2.05) is 6.26 Å². The smallest absolute Gasteiger partial charge is 0.0934 e. The topological polar surface area (TPSA) is 13.1 Å². The first kappa shape index (κ1) is 18.3. The van der Waals surface area contributed by atoms with Crippen molar-refractivity contribution in [3.05, 3.63) is 24.2 Å². The molecule has 0 bridgehead atoms. The molecule has 0 saturated carbocycles. The van der Waals surface area contributed by atoms with E-state index in [1.54, 1.807) is 6.26 Å². The lowest BCUT2D eigenvalue weighted by Crippen LogP contribution is -1.85. The van der Waals surface area contributed by atoms with Crippen LogP contribution in [0.1, 0.15) is 102 Å². The van der Waals surface area contributed by atoms with Gasteiger partial charge in [-0.2, -0.15) is 0 Å². The second-order valence-electron chi connectivity index (χ2n) is 6.48. The highest BCUT2D eigenvalue weighted by Crippen LogP contribution is 2.13. The van der Waals surface area contributed by atoms with Crippen LogP contribution < -0.4 is 0 Å². The zero-order chi connectivity index (χ0) is 15.0. The van der Waals surface area contributed by atoms with Gasteiger partial charge in [0.25, 0.3) is 0 Å². The van der Waals surface area contributed by atoms with E-state index in [2.05, 4.69) is 13.0 Å². The van der Waals surface area contributed by atoms with E-state index < -0.39 is 0 Å². The molecule has 0 aliphatic rings. The van der Waals surface area contributed by atoms with Gasteiger partial charge in [-0.1, -0.05) is 90.4 Å². The summed E-state index contributed by atoms with van der Waals surface area (Å²) in [4.78, 5) is 0. The Balaban J connectivity index is 1.69. The fraction of sp³-hybridized carbons (Fsp3) is 0.800. The van der Waals surface area contributed by atoms with Crippen molar-refractivity contribution in [1.82, 2.24) is 0 Å². The number of furan rings is 1. The number of rotatable bonds is 15. The van der Waals surface area contributed by atoms with Crippen LogP contribution in [0.25, 0.3) is 0 Å². The molecule has 0 aliphatic carbocycles. The third-order valence-electron chi connectivity index (χ3n) is 4.40. The molecule has 21 heavy (non-hydrogen) atoms. The van der Waals surface area contributed by atoms with E-state index in [0.717, 1.165) is 0 Å². The molecule has 0 unspecified atom stereocenters. The second-order valence-corrected chi connectivity index (χ2v) is 6.48. The van der Waals surface area contributed by atoms with E-state index in [9.17, 15) is 0 Å². The Labute approximate surface area is 132 Å². The molecule has 0 atom stereocenters. The minimum atomic E-state index is 1.19. The molecular weight excluding hydrogens is 256 g/mol. The predicted molar refractivity (Wildman–Crippen MR) is 92.7 cm³/mol. The molecule has 0 amide bonds. The van der Waals surface area contributed by atoms with Gasteiger partial charge >= 0.3 is 0 Å². The first-order valence-electron chi connectivity index (χ1n) is 9.44. The molecule has 0 aliphatic heterocycles. The first-order chi connectivity index (χ1) is 10.4. The van der Waals surface area contributed by atoms with Gasteiger partial charge in [0.15, 0.2) is 0 Å². The van der Waals surface area contributed by atoms with Gasteiger partial charge in [-0.15, -0.1) is 0 Å². The van der Waals surface area contributed by atoms with Gasteiger partial charge in [0.2, 0.25) is 0 Å². The highest BCUT2D eigenvalue weighted by molar-refractivity contribution is 5.04. The van der Waals surface area contributed by atoms with Crippen LogP contribution in [0.5, 0.6) is 0 Å². The van der Waals surface area contributed by atoms with E-state index >= 15 is 0 Å². The molecular formula is C20H36O. The molecule has 1 heteroatoms. The predicted octanol–water partition coefficient (Wildman–Crippen LogP) is 7.30. The molecule has 0 saturated heterocycles. The molecule has 1 rings (SSSR count). The molecule has 1 nitrogen and oxygen atoms in total. The van der Waals surface area contributed by atoms with Crippen LogP contribution in [-0.4, -0.2) is 0 Å². The van der Waals surface area contributed by atoms with Crippen molar-refractivity contribution >= 4 is 0 Å². The maximum Gasteiger partial charge on any atom is 0.0934 e. The maximum atomic E-state index is 5.08. The molecule has 0 N–H and O–H groups in total.